The molecule has 0 amide bonds. The highest BCUT2D eigenvalue weighted by Gasteiger charge is 2.19. The second-order valence-electron chi connectivity index (χ2n) is 5.67. The molecule has 0 radical (unpaired) electrons. The molecule has 0 rings (SSSR count). The Hall–Kier alpha value is -0.570. The normalized spacial score (nSPS) is 12.6. The fourth-order valence-electron chi connectivity index (χ4n) is 1.43. The first-order valence-corrected chi connectivity index (χ1v) is 7.26. The van der Waals surface area contributed by atoms with Crippen LogP contribution in [0.4, 0.5) is 0 Å². The molecule has 0 saturated heterocycles. The van der Waals surface area contributed by atoms with Crippen LogP contribution in [0.25, 0.3) is 0 Å². The van der Waals surface area contributed by atoms with Gasteiger partial charge >= 0.3 is 5.97 Å². The zero-order chi connectivity index (χ0) is 14.6. The lowest BCUT2D eigenvalue weighted by Crippen LogP contribution is -2.39. The smallest absolute Gasteiger partial charge is 0.303 e. The van der Waals surface area contributed by atoms with Crippen molar-refractivity contribution in [1.82, 2.24) is 0 Å². The van der Waals surface area contributed by atoms with E-state index < -0.39 is 5.97 Å². The number of unbranched alkanes of at least 4 members (excludes halogenated alkanes) is 4. The van der Waals surface area contributed by atoms with E-state index in [1.165, 1.54) is 38.5 Å². The van der Waals surface area contributed by atoms with Crippen LogP contribution in [0.15, 0.2) is 0 Å². The van der Waals surface area contributed by atoms with Gasteiger partial charge in [0.1, 0.15) is 0 Å². The molecule has 0 aliphatic rings. The van der Waals surface area contributed by atoms with Gasteiger partial charge in [-0.1, -0.05) is 52.9 Å². The predicted molar refractivity (Wildman–Crippen MR) is 78.7 cm³/mol. The molecule has 0 spiro atoms. The van der Waals surface area contributed by atoms with Crippen LogP contribution in [0, 0.1) is 5.92 Å². The number of carboxylic acids is 1. The lowest BCUT2D eigenvalue weighted by molar-refractivity contribution is -0.136. The van der Waals surface area contributed by atoms with Gasteiger partial charge in [-0.15, -0.1) is 0 Å². The highest BCUT2D eigenvalue weighted by Crippen LogP contribution is 2.20. The minimum Gasteiger partial charge on any atom is -0.481 e. The third-order valence-electron chi connectivity index (χ3n) is 3.31. The Morgan fingerprint density at radius 3 is 1.94 bits per heavy atom. The quantitative estimate of drug-likeness (QED) is 0.642. The van der Waals surface area contributed by atoms with Crippen molar-refractivity contribution in [3.63, 3.8) is 0 Å². The number of rotatable bonds is 8. The summed E-state index contributed by atoms with van der Waals surface area (Å²) in [7, 11) is 0. The van der Waals surface area contributed by atoms with E-state index in [1.807, 2.05) is 0 Å². The van der Waals surface area contributed by atoms with Crippen LogP contribution in [0.3, 0.4) is 0 Å². The van der Waals surface area contributed by atoms with Crippen LogP contribution < -0.4 is 5.73 Å². The fraction of sp³-hybridized carbons (Fsp3) is 0.933. The first kappa shape index (κ1) is 19.8. The number of aliphatic carboxylic acids is 1. The maximum Gasteiger partial charge on any atom is 0.303 e. The fourth-order valence-corrected chi connectivity index (χ4v) is 1.43. The van der Waals surface area contributed by atoms with Crippen LogP contribution in [0.1, 0.15) is 79.6 Å². The van der Waals surface area contributed by atoms with Gasteiger partial charge in [0.05, 0.1) is 0 Å². The molecule has 0 aromatic heterocycles. The second kappa shape index (κ2) is 11.5. The average molecular weight is 259 g/mol. The highest BCUT2D eigenvalue weighted by molar-refractivity contribution is 5.66. The van der Waals surface area contributed by atoms with Crippen LogP contribution in [0.5, 0.6) is 0 Å². The van der Waals surface area contributed by atoms with E-state index in [-0.39, 0.29) is 12.0 Å². The largest absolute Gasteiger partial charge is 0.481 e. The van der Waals surface area contributed by atoms with Crippen LogP contribution in [-0.2, 0) is 4.79 Å². The molecule has 0 fully saturated rings. The molecule has 18 heavy (non-hydrogen) atoms. The van der Waals surface area contributed by atoms with E-state index in [9.17, 15) is 4.79 Å². The first-order valence-electron chi connectivity index (χ1n) is 7.26. The SMILES string of the molecule is CCC(=O)O.CCCCCCCC(C)C(C)(C)N. The molecule has 1 unspecified atom stereocenters. The van der Waals surface area contributed by atoms with Gasteiger partial charge in [-0.2, -0.15) is 0 Å². The van der Waals surface area contributed by atoms with Gasteiger partial charge in [0, 0.05) is 12.0 Å². The van der Waals surface area contributed by atoms with E-state index in [4.69, 9.17) is 10.8 Å². The minimum absolute atomic E-state index is 0.00472. The van der Waals surface area contributed by atoms with E-state index in [0.29, 0.717) is 5.92 Å². The Bertz CT molecular complexity index is 197. The Morgan fingerprint density at radius 1 is 1.17 bits per heavy atom. The molecule has 0 aliphatic carbocycles. The summed E-state index contributed by atoms with van der Waals surface area (Å²) in [5.74, 6) is -0.0980. The number of carbonyl (C=O) groups is 1. The lowest BCUT2D eigenvalue weighted by Gasteiger charge is -2.27. The third-order valence-corrected chi connectivity index (χ3v) is 3.31. The molecule has 0 heterocycles. The van der Waals surface area contributed by atoms with Gasteiger partial charge in [-0.3, -0.25) is 4.79 Å². The van der Waals surface area contributed by atoms with Crippen molar-refractivity contribution in [1.29, 1.82) is 0 Å². The molecule has 0 aromatic rings. The summed E-state index contributed by atoms with van der Waals surface area (Å²) < 4.78 is 0. The van der Waals surface area contributed by atoms with Crippen LogP contribution in [0.2, 0.25) is 0 Å². The molecule has 0 saturated carbocycles. The van der Waals surface area contributed by atoms with Crippen molar-refractivity contribution in [2.75, 3.05) is 0 Å². The summed E-state index contributed by atoms with van der Waals surface area (Å²) in [6.07, 6.45) is 8.36. The molecule has 1 atom stereocenters. The van der Waals surface area contributed by atoms with E-state index >= 15 is 0 Å². The van der Waals surface area contributed by atoms with Gasteiger partial charge in [-0.05, 0) is 26.2 Å². The summed E-state index contributed by atoms with van der Waals surface area (Å²) in [5.41, 5.74) is 6.02. The molecule has 3 nitrogen and oxygen atoms in total. The first-order chi connectivity index (χ1) is 8.25. The van der Waals surface area contributed by atoms with E-state index in [0.717, 1.165) is 0 Å². The average Bonchev–Trinajstić information content (AvgIpc) is 2.28. The molecule has 0 bridgehead atoms. The van der Waals surface area contributed by atoms with Crippen LogP contribution >= 0.6 is 0 Å². The predicted octanol–water partition coefficient (Wildman–Crippen LogP) is 4.20. The Morgan fingerprint density at radius 2 is 1.61 bits per heavy atom. The molecular weight excluding hydrogens is 226 g/mol. The summed E-state index contributed by atoms with van der Waals surface area (Å²) in [6.45, 7) is 10.4. The monoisotopic (exact) mass is 259 g/mol. The van der Waals surface area contributed by atoms with Crippen LogP contribution in [-0.4, -0.2) is 16.6 Å². The summed E-state index contributed by atoms with van der Waals surface area (Å²) in [6, 6.07) is 0. The third kappa shape index (κ3) is 15.4. The van der Waals surface area contributed by atoms with E-state index in [1.54, 1.807) is 6.92 Å². The topological polar surface area (TPSA) is 63.3 Å². The zero-order valence-electron chi connectivity index (χ0n) is 13.0. The van der Waals surface area contributed by atoms with Gasteiger partial charge < -0.3 is 10.8 Å². The summed E-state index contributed by atoms with van der Waals surface area (Å²) >= 11 is 0. The zero-order valence-corrected chi connectivity index (χ0v) is 13.0. The molecule has 3 heteroatoms. The van der Waals surface area contributed by atoms with Crippen molar-refractivity contribution in [3.8, 4) is 0 Å². The van der Waals surface area contributed by atoms with Crippen molar-refractivity contribution in [2.24, 2.45) is 11.7 Å². The molecular formula is C15H33NO2. The van der Waals surface area contributed by atoms with Gasteiger partial charge in [0.2, 0.25) is 0 Å². The van der Waals surface area contributed by atoms with Crippen molar-refractivity contribution in [2.45, 2.75) is 85.1 Å². The number of hydrogen-bond acceptors (Lipinski definition) is 2. The maximum absolute atomic E-state index is 9.37. The number of hydrogen-bond donors (Lipinski definition) is 2. The number of nitrogens with two attached hydrogens (primary N) is 1. The molecule has 3 N–H and O–H groups in total. The Balaban J connectivity index is 0. The number of carboxylic acid groups (broad SMARTS) is 1. The van der Waals surface area contributed by atoms with Gasteiger partial charge in [0.25, 0.3) is 0 Å². The van der Waals surface area contributed by atoms with E-state index in [2.05, 4.69) is 27.7 Å². The molecule has 110 valence electrons. The Labute approximate surface area is 113 Å². The molecule has 0 aromatic carbocycles. The summed E-state index contributed by atoms with van der Waals surface area (Å²) in [5, 5.41) is 7.72. The standard InChI is InChI=1S/C12H27N.C3H6O2/c1-5-6-7-8-9-10-11(2)12(3,4)13;1-2-3(4)5/h11H,5-10,13H2,1-4H3;2H2,1H3,(H,4,5). The van der Waals surface area contributed by atoms with Crippen molar-refractivity contribution in [3.05, 3.63) is 0 Å². The van der Waals surface area contributed by atoms with Gasteiger partial charge in [0.15, 0.2) is 0 Å². The lowest BCUT2D eigenvalue weighted by atomic mass is 9.86. The Kier molecular flexibility index (Phi) is 12.6. The van der Waals surface area contributed by atoms with Crippen molar-refractivity contribution >= 4 is 5.97 Å². The van der Waals surface area contributed by atoms with Crippen molar-refractivity contribution < 1.29 is 9.90 Å². The van der Waals surface area contributed by atoms with Gasteiger partial charge in [-0.25, -0.2) is 0 Å². The minimum atomic E-state index is -0.745. The molecule has 0 aliphatic heterocycles. The maximum atomic E-state index is 9.37. The second-order valence-corrected chi connectivity index (χ2v) is 5.67. The summed E-state index contributed by atoms with van der Waals surface area (Å²) in [4.78, 5) is 9.37. The highest BCUT2D eigenvalue weighted by atomic mass is 16.4.